The molecular formula is C12H15NO3. The average Bonchev–Trinajstić information content (AvgIpc) is 2.28. The molecule has 0 aliphatic rings. The van der Waals surface area contributed by atoms with Crippen molar-refractivity contribution < 1.29 is 14.6 Å². The second-order valence-electron chi connectivity index (χ2n) is 3.24. The maximum Gasteiger partial charge on any atom is 0.311 e. The third kappa shape index (κ3) is 3.65. The van der Waals surface area contributed by atoms with Gasteiger partial charge in [-0.3, -0.25) is 4.79 Å². The maximum atomic E-state index is 11.1. The molecule has 0 aromatic heterocycles. The first-order valence-corrected chi connectivity index (χ1v) is 4.93. The van der Waals surface area contributed by atoms with Crippen LogP contribution in [0, 0.1) is 0 Å². The van der Waals surface area contributed by atoms with Gasteiger partial charge in [0.1, 0.15) is 5.75 Å². The summed E-state index contributed by atoms with van der Waals surface area (Å²) in [5, 5.41) is 12.3. The fourth-order valence-electron chi connectivity index (χ4n) is 1.22. The molecular weight excluding hydrogens is 206 g/mol. The molecule has 4 nitrogen and oxygen atoms in total. The van der Waals surface area contributed by atoms with Crippen LogP contribution in [-0.4, -0.2) is 18.2 Å². The van der Waals surface area contributed by atoms with Crippen LogP contribution in [0.3, 0.4) is 0 Å². The first-order valence-electron chi connectivity index (χ1n) is 4.93. The molecule has 0 saturated heterocycles. The highest BCUT2D eigenvalue weighted by Gasteiger charge is 2.05. The Hall–Kier alpha value is -1.97. The van der Waals surface area contributed by atoms with Gasteiger partial charge in [0.2, 0.25) is 0 Å². The van der Waals surface area contributed by atoms with Crippen molar-refractivity contribution >= 4 is 11.7 Å². The normalized spacial score (nSPS) is 11.0. The van der Waals surface area contributed by atoms with Crippen LogP contribution < -0.4 is 5.32 Å². The molecule has 0 aliphatic heterocycles. The molecule has 0 heterocycles. The largest absolute Gasteiger partial charge is 0.508 e. The number of nitrogens with one attached hydrogen (secondary N) is 1. The first-order chi connectivity index (χ1) is 7.65. The Bertz CT molecular complexity index is 399. The molecule has 0 fully saturated rings. The third-order valence-corrected chi connectivity index (χ3v) is 2.06. The Kier molecular flexibility index (Phi) is 4.39. The monoisotopic (exact) mass is 221 g/mol. The van der Waals surface area contributed by atoms with Gasteiger partial charge in [0, 0.05) is 17.5 Å². The minimum absolute atomic E-state index is 0.179. The molecule has 0 aliphatic carbocycles. The Balaban J connectivity index is 2.68. The number of hydrogen-bond acceptors (Lipinski definition) is 4. The van der Waals surface area contributed by atoms with Gasteiger partial charge in [0.15, 0.2) is 0 Å². The van der Waals surface area contributed by atoms with E-state index in [1.165, 1.54) is 7.11 Å². The number of methoxy groups -OCH3 is 1. The van der Waals surface area contributed by atoms with Gasteiger partial charge in [-0.1, -0.05) is 12.1 Å². The molecule has 16 heavy (non-hydrogen) atoms. The van der Waals surface area contributed by atoms with Crippen LogP contribution >= 0.6 is 0 Å². The second kappa shape index (κ2) is 5.80. The van der Waals surface area contributed by atoms with Gasteiger partial charge < -0.3 is 15.2 Å². The lowest BCUT2D eigenvalue weighted by Gasteiger charge is -2.09. The van der Waals surface area contributed by atoms with Crippen LogP contribution in [0.25, 0.3) is 0 Å². The van der Waals surface area contributed by atoms with Crippen LogP contribution in [0.15, 0.2) is 36.0 Å². The first kappa shape index (κ1) is 12.1. The second-order valence-corrected chi connectivity index (χ2v) is 3.24. The van der Waals surface area contributed by atoms with Crippen molar-refractivity contribution in [2.24, 2.45) is 0 Å². The van der Waals surface area contributed by atoms with Gasteiger partial charge in [-0.25, -0.2) is 0 Å². The van der Waals surface area contributed by atoms with Gasteiger partial charge in [0.05, 0.1) is 13.5 Å². The summed E-state index contributed by atoms with van der Waals surface area (Å²) in [6, 6.07) is 6.70. The Morgan fingerprint density at radius 3 is 2.88 bits per heavy atom. The summed E-state index contributed by atoms with van der Waals surface area (Å²) >= 11 is 0. The molecule has 0 radical (unpaired) electrons. The van der Waals surface area contributed by atoms with E-state index < -0.39 is 0 Å². The number of anilines is 1. The van der Waals surface area contributed by atoms with E-state index in [4.69, 9.17) is 0 Å². The van der Waals surface area contributed by atoms with Crippen LogP contribution in [0.4, 0.5) is 5.69 Å². The van der Waals surface area contributed by atoms with E-state index in [2.05, 4.69) is 10.1 Å². The molecule has 0 unspecified atom stereocenters. The quantitative estimate of drug-likeness (QED) is 0.766. The summed E-state index contributed by atoms with van der Waals surface area (Å²) < 4.78 is 4.57. The van der Waals surface area contributed by atoms with Crippen LogP contribution in [0.1, 0.15) is 13.3 Å². The van der Waals surface area contributed by atoms with Gasteiger partial charge >= 0.3 is 5.97 Å². The lowest BCUT2D eigenvalue weighted by molar-refractivity contribution is -0.139. The van der Waals surface area contributed by atoms with Crippen molar-refractivity contribution in [3.63, 3.8) is 0 Å². The Labute approximate surface area is 94.6 Å². The number of carbonyl (C=O) groups is 1. The third-order valence-electron chi connectivity index (χ3n) is 2.06. The topological polar surface area (TPSA) is 58.6 Å². The zero-order chi connectivity index (χ0) is 12.0. The van der Waals surface area contributed by atoms with Crippen molar-refractivity contribution in [3.8, 4) is 5.75 Å². The van der Waals surface area contributed by atoms with Crippen LogP contribution in [-0.2, 0) is 9.53 Å². The zero-order valence-corrected chi connectivity index (χ0v) is 9.36. The number of allylic oxidation sites excluding steroid dienone is 1. The summed E-state index contributed by atoms with van der Waals surface area (Å²) in [5.41, 5.74) is 1.47. The lowest BCUT2D eigenvalue weighted by atomic mass is 10.2. The SMILES string of the molecule is C/C=C(/CC(=O)OC)Nc1cccc(O)c1. The number of hydrogen-bond donors (Lipinski definition) is 2. The number of benzene rings is 1. The van der Waals surface area contributed by atoms with Gasteiger partial charge in [0.25, 0.3) is 0 Å². The van der Waals surface area contributed by atoms with E-state index in [9.17, 15) is 9.90 Å². The fraction of sp³-hybridized carbons (Fsp3) is 0.250. The minimum Gasteiger partial charge on any atom is -0.508 e. The molecule has 86 valence electrons. The van der Waals surface area contributed by atoms with Gasteiger partial charge in [-0.2, -0.15) is 0 Å². The standard InChI is InChI=1S/C12H15NO3/c1-3-9(8-12(15)16-2)13-10-5-4-6-11(14)7-10/h3-7,13-14H,8H2,1-2H3/b9-3-. The molecule has 1 aromatic carbocycles. The number of aromatic hydroxyl groups is 1. The molecule has 2 N–H and O–H groups in total. The molecule has 4 heteroatoms. The number of esters is 1. The molecule has 0 spiro atoms. The van der Waals surface area contributed by atoms with E-state index in [0.717, 1.165) is 11.4 Å². The fourth-order valence-corrected chi connectivity index (χ4v) is 1.22. The number of ether oxygens (including phenoxy) is 1. The number of rotatable bonds is 4. The van der Waals surface area contributed by atoms with E-state index in [1.54, 1.807) is 30.3 Å². The van der Waals surface area contributed by atoms with Crippen molar-refractivity contribution in [2.75, 3.05) is 12.4 Å². The average molecular weight is 221 g/mol. The van der Waals surface area contributed by atoms with Crippen molar-refractivity contribution in [3.05, 3.63) is 36.0 Å². The number of carbonyl (C=O) groups excluding carboxylic acids is 1. The molecule has 1 aromatic rings. The predicted molar refractivity (Wildman–Crippen MR) is 62.1 cm³/mol. The number of phenols is 1. The van der Waals surface area contributed by atoms with Crippen LogP contribution in [0.2, 0.25) is 0 Å². The summed E-state index contributed by atoms with van der Waals surface area (Å²) in [6.07, 6.45) is 1.98. The van der Waals surface area contributed by atoms with E-state index in [0.29, 0.717) is 0 Å². The molecule has 0 amide bonds. The predicted octanol–water partition coefficient (Wildman–Crippen LogP) is 2.27. The van der Waals surface area contributed by atoms with Crippen molar-refractivity contribution in [1.82, 2.24) is 0 Å². The maximum absolute atomic E-state index is 11.1. The molecule has 1 rings (SSSR count). The van der Waals surface area contributed by atoms with Crippen LogP contribution in [0.5, 0.6) is 5.75 Å². The summed E-state index contributed by atoms with van der Waals surface area (Å²) in [7, 11) is 1.35. The Morgan fingerprint density at radius 2 is 2.31 bits per heavy atom. The minimum atomic E-state index is -0.305. The summed E-state index contributed by atoms with van der Waals surface area (Å²) in [5.74, 6) is -0.126. The lowest BCUT2D eigenvalue weighted by Crippen LogP contribution is -2.07. The molecule has 0 atom stereocenters. The highest BCUT2D eigenvalue weighted by molar-refractivity contribution is 5.73. The molecule has 0 saturated carbocycles. The molecule has 0 bridgehead atoms. The smallest absolute Gasteiger partial charge is 0.311 e. The Morgan fingerprint density at radius 1 is 1.56 bits per heavy atom. The van der Waals surface area contributed by atoms with E-state index in [-0.39, 0.29) is 18.1 Å². The van der Waals surface area contributed by atoms with Crippen molar-refractivity contribution in [1.29, 1.82) is 0 Å². The number of phenolic OH excluding ortho intramolecular Hbond substituents is 1. The summed E-state index contributed by atoms with van der Waals surface area (Å²) in [4.78, 5) is 11.1. The van der Waals surface area contributed by atoms with Crippen molar-refractivity contribution in [2.45, 2.75) is 13.3 Å². The van der Waals surface area contributed by atoms with E-state index >= 15 is 0 Å². The van der Waals surface area contributed by atoms with Gasteiger partial charge in [-0.15, -0.1) is 0 Å². The highest BCUT2D eigenvalue weighted by atomic mass is 16.5. The highest BCUT2D eigenvalue weighted by Crippen LogP contribution is 2.18. The van der Waals surface area contributed by atoms with E-state index in [1.807, 2.05) is 6.92 Å². The summed E-state index contributed by atoms with van der Waals surface area (Å²) in [6.45, 7) is 1.83. The zero-order valence-electron chi connectivity index (χ0n) is 9.36. The van der Waals surface area contributed by atoms with Gasteiger partial charge in [-0.05, 0) is 19.1 Å².